The van der Waals surface area contributed by atoms with Crippen molar-refractivity contribution < 1.29 is 14.3 Å². The summed E-state index contributed by atoms with van der Waals surface area (Å²) in [5, 5.41) is 0. The van der Waals surface area contributed by atoms with Gasteiger partial charge in [0.25, 0.3) is 0 Å². The van der Waals surface area contributed by atoms with Crippen molar-refractivity contribution in [1.82, 2.24) is 9.97 Å². The van der Waals surface area contributed by atoms with Gasteiger partial charge in [-0.25, -0.2) is 0 Å². The van der Waals surface area contributed by atoms with Gasteiger partial charge < -0.3 is 9.47 Å². The van der Waals surface area contributed by atoms with Crippen molar-refractivity contribution >= 4 is 5.78 Å². The van der Waals surface area contributed by atoms with Crippen molar-refractivity contribution in [2.45, 2.75) is 6.92 Å². The Hall–Kier alpha value is -2.43. The van der Waals surface area contributed by atoms with Gasteiger partial charge in [0.1, 0.15) is 11.5 Å². The zero-order valence-corrected chi connectivity index (χ0v) is 10.8. The molecule has 2 heterocycles. The summed E-state index contributed by atoms with van der Waals surface area (Å²) in [6.45, 7) is 2.40. The van der Waals surface area contributed by atoms with Crippen molar-refractivity contribution in [3.8, 4) is 11.5 Å². The number of methoxy groups -OCH3 is 1. The summed E-state index contributed by atoms with van der Waals surface area (Å²) in [4.78, 5) is 20.3. The lowest BCUT2D eigenvalue weighted by Gasteiger charge is -2.07. The Morgan fingerprint density at radius 3 is 2.84 bits per heavy atom. The molecule has 5 nitrogen and oxygen atoms in total. The summed E-state index contributed by atoms with van der Waals surface area (Å²) in [7, 11) is 1.50. The highest BCUT2D eigenvalue weighted by atomic mass is 16.5. The molecule has 2 rings (SSSR count). The predicted molar refractivity (Wildman–Crippen MR) is 69.6 cm³/mol. The number of rotatable bonds is 5. The van der Waals surface area contributed by atoms with Crippen molar-refractivity contribution in [3.63, 3.8) is 0 Å². The van der Waals surface area contributed by atoms with Gasteiger partial charge in [-0.2, -0.15) is 0 Å². The van der Waals surface area contributed by atoms with E-state index in [4.69, 9.17) is 9.47 Å². The molecule has 0 radical (unpaired) electrons. The third-order valence-electron chi connectivity index (χ3n) is 2.54. The fourth-order valence-electron chi connectivity index (χ4n) is 1.67. The molecule has 0 saturated heterocycles. The molecule has 0 fully saturated rings. The number of ether oxygens (including phenoxy) is 2. The Labute approximate surface area is 111 Å². The van der Waals surface area contributed by atoms with Gasteiger partial charge in [0.2, 0.25) is 0 Å². The number of nitrogens with zero attached hydrogens (tertiary/aromatic N) is 2. The van der Waals surface area contributed by atoms with Crippen LogP contribution in [0.4, 0.5) is 0 Å². The van der Waals surface area contributed by atoms with E-state index in [1.165, 1.54) is 19.5 Å². The van der Waals surface area contributed by atoms with Crippen LogP contribution in [0, 0.1) is 0 Å². The van der Waals surface area contributed by atoms with E-state index >= 15 is 0 Å². The van der Waals surface area contributed by atoms with E-state index in [-0.39, 0.29) is 5.78 Å². The van der Waals surface area contributed by atoms with Gasteiger partial charge in [0.05, 0.1) is 31.7 Å². The highest BCUT2D eigenvalue weighted by Gasteiger charge is 2.15. The van der Waals surface area contributed by atoms with Crippen molar-refractivity contribution in [2.75, 3.05) is 13.7 Å². The van der Waals surface area contributed by atoms with Crippen LogP contribution in [-0.2, 0) is 0 Å². The Morgan fingerprint density at radius 1 is 1.26 bits per heavy atom. The van der Waals surface area contributed by atoms with E-state index < -0.39 is 0 Å². The second kappa shape index (κ2) is 5.95. The summed E-state index contributed by atoms with van der Waals surface area (Å²) in [6, 6.07) is 3.28. The van der Waals surface area contributed by atoms with Gasteiger partial charge >= 0.3 is 0 Å². The van der Waals surface area contributed by atoms with E-state index in [1.54, 1.807) is 24.5 Å². The Bertz CT molecular complexity index is 584. The molecular weight excluding hydrogens is 244 g/mol. The second-order valence-electron chi connectivity index (χ2n) is 3.75. The quantitative estimate of drug-likeness (QED) is 0.769. The molecule has 5 heteroatoms. The fourth-order valence-corrected chi connectivity index (χ4v) is 1.67. The number of aromatic nitrogens is 2. The number of carbonyl (C=O) groups excluding carboxylic acids is 1. The Balaban J connectivity index is 2.35. The number of pyridine rings is 2. The second-order valence-corrected chi connectivity index (χ2v) is 3.75. The van der Waals surface area contributed by atoms with Gasteiger partial charge in [0.15, 0.2) is 5.78 Å². The zero-order chi connectivity index (χ0) is 13.7. The summed E-state index contributed by atoms with van der Waals surface area (Å²) in [5.41, 5.74) is 0.906. The first kappa shape index (κ1) is 13.0. The van der Waals surface area contributed by atoms with Crippen molar-refractivity contribution in [3.05, 3.63) is 48.0 Å². The molecule has 0 spiro atoms. The predicted octanol–water partition coefficient (Wildman–Crippen LogP) is 2.11. The third kappa shape index (κ3) is 2.88. The number of carbonyl (C=O) groups is 1. The summed E-state index contributed by atoms with van der Waals surface area (Å²) < 4.78 is 10.5. The van der Waals surface area contributed by atoms with Crippen LogP contribution in [0.15, 0.2) is 36.9 Å². The van der Waals surface area contributed by atoms with Crippen LogP contribution in [0.25, 0.3) is 0 Å². The van der Waals surface area contributed by atoms with Gasteiger partial charge in [-0.15, -0.1) is 0 Å². The van der Waals surface area contributed by atoms with E-state index in [0.717, 1.165) is 0 Å². The highest BCUT2D eigenvalue weighted by Crippen LogP contribution is 2.21. The lowest BCUT2D eigenvalue weighted by atomic mass is 10.1. The average molecular weight is 258 g/mol. The van der Waals surface area contributed by atoms with Crippen LogP contribution in [0.3, 0.4) is 0 Å². The number of hydrogen-bond donors (Lipinski definition) is 0. The van der Waals surface area contributed by atoms with E-state index in [1.807, 2.05) is 6.92 Å². The van der Waals surface area contributed by atoms with Gasteiger partial charge in [-0.1, -0.05) is 0 Å². The lowest BCUT2D eigenvalue weighted by Crippen LogP contribution is -2.05. The molecule has 0 aliphatic rings. The van der Waals surface area contributed by atoms with Crippen LogP contribution in [0.2, 0.25) is 0 Å². The minimum absolute atomic E-state index is 0.173. The minimum atomic E-state index is -0.173. The Kier molecular flexibility index (Phi) is 4.07. The molecule has 0 amide bonds. The first-order chi connectivity index (χ1) is 9.26. The largest absolute Gasteiger partial charge is 0.494 e. The molecule has 0 N–H and O–H groups in total. The zero-order valence-electron chi connectivity index (χ0n) is 10.8. The van der Waals surface area contributed by atoms with Gasteiger partial charge in [-0.05, 0) is 19.1 Å². The maximum atomic E-state index is 12.4. The monoisotopic (exact) mass is 258 g/mol. The molecular formula is C14H14N2O3. The average Bonchev–Trinajstić information content (AvgIpc) is 2.47. The summed E-state index contributed by atoms with van der Waals surface area (Å²) in [6.07, 6.45) is 6.14. The van der Waals surface area contributed by atoms with Crippen LogP contribution >= 0.6 is 0 Å². The standard InChI is InChI=1S/C14H14N2O3/c1-3-19-11-6-10(7-16-8-11)14(17)12-4-5-15-9-13(12)18-2/h4-9H,3H2,1-2H3. The van der Waals surface area contributed by atoms with Gasteiger partial charge in [0, 0.05) is 18.0 Å². The summed E-state index contributed by atoms with van der Waals surface area (Å²) in [5.74, 6) is 0.837. The van der Waals surface area contributed by atoms with Crippen molar-refractivity contribution in [1.29, 1.82) is 0 Å². The molecule has 0 aliphatic carbocycles. The molecule has 2 aromatic rings. The molecule has 0 unspecified atom stereocenters. The fraction of sp³-hybridized carbons (Fsp3) is 0.214. The third-order valence-corrected chi connectivity index (χ3v) is 2.54. The first-order valence-corrected chi connectivity index (χ1v) is 5.86. The molecule has 0 aromatic carbocycles. The molecule has 19 heavy (non-hydrogen) atoms. The van der Waals surface area contributed by atoms with Crippen LogP contribution in [0.5, 0.6) is 11.5 Å². The SMILES string of the molecule is CCOc1cncc(C(=O)c2ccncc2OC)c1. The van der Waals surface area contributed by atoms with Crippen molar-refractivity contribution in [2.24, 2.45) is 0 Å². The topological polar surface area (TPSA) is 61.3 Å². The van der Waals surface area contributed by atoms with Crippen LogP contribution in [-0.4, -0.2) is 29.5 Å². The molecule has 2 aromatic heterocycles. The van der Waals surface area contributed by atoms with E-state index in [9.17, 15) is 4.79 Å². The van der Waals surface area contributed by atoms with Gasteiger partial charge in [-0.3, -0.25) is 14.8 Å². The molecule has 0 atom stereocenters. The molecule has 98 valence electrons. The molecule has 0 aliphatic heterocycles. The van der Waals surface area contributed by atoms with Crippen LogP contribution in [0.1, 0.15) is 22.8 Å². The highest BCUT2D eigenvalue weighted by molar-refractivity contribution is 6.10. The smallest absolute Gasteiger partial charge is 0.198 e. The maximum Gasteiger partial charge on any atom is 0.198 e. The maximum absolute atomic E-state index is 12.4. The minimum Gasteiger partial charge on any atom is -0.494 e. The van der Waals surface area contributed by atoms with Crippen LogP contribution < -0.4 is 9.47 Å². The normalized spacial score (nSPS) is 10.0. The number of ketones is 1. The first-order valence-electron chi connectivity index (χ1n) is 5.86. The molecule has 0 saturated carbocycles. The van der Waals surface area contributed by atoms with E-state index in [0.29, 0.717) is 29.2 Å². The summed E-state index contributed by atoms with van der Waals surface area (Å²) >= 11 is 0. The van der Waals surface area contributed by atoms with E-state index in [2.05, 4.69) is 9.97 Å². The Morgan fingerprint density at radius 2 is 2.11 bits per heavy atom. The molecule has 0 bridgehead atoms. The number of hydrogen-bond acceptors (Lipinski definition) is 5. The lowest BCUT2D eigenvalue weighted by molar-refractivity contribution is 0.103.